The fraction of sp³-hybridized carbons (Fsp3) is 0.903. The lowest BCUT2D eigenvalue weighted by Gasteiger charge is -2.40. The number of ether oxygens (including phenoxy) is 2. The van der Waals surface area contributed by atoms with Crippen LogP contribution in [0.15, 0.2) is 12.2 Å². The topological polar surface area (TPSA) is 189 Å². The molecule has 9 unspecified atom stereocenters. The van der Waals surface area contributed by atoms with Crippen LogP contribution in [0.4, 0.5) is 0 Å². The number of hydrogen-bond donors (Lipinski definition) is 8. The first-order chi connectivity index (χ1) is 20.2. The van der Waals surface area contributed by atoms with E-state index in [0.717, 1.165) is 51.4 Å². The van der Waals surface area contributed by atoms with Crippen LogP contribution in [0.25, 0.3) is 0 Å². The first kappa shape index (κ1) is 38.9. The van der Waals surface area contributed by atoms with Crippen LogP contribution in [-0.2, 0) is 14.3 Å². The Morgan fingerprint density at radius 1 is 0.810 bits per heavy atom. The predicted octanol–water partition coefficient (Wildman–Crippen LogP) is 1.82. The second-order valence-electron chi connectivity index (χ2n) is 11.5. The Kier molecular flexibility index (Phi) is 21.5. The number of aliphatic hydroxyl groups is 7. The standard InChI is InChI=1S/C31H59NO10/c1-3-5-7-9-10-11-12-13-14-15-17-19-24(35)30(40)32-22(26(36)23(34)18-16-8-6-4-2)21-41-31-29(39)28(38)27(37)25(20-33)42-31/h10-11,22-29,31,33-39H,3-9,12-21H2,1-2H3,(H,32,40)/b11-10-. The summed E-state index contributed by atoms with van der Waals surface area (Å²) in [5, 5.41) is 74.2. The normalized spacial score (nSPS) is 25.8. The van der Waals surface area contributed by atoms with Crippen LogP contribution in [0.2, 0.25) is 0 Å². The molecule has 1 heterocycles. The summed E-state index contributed by atoms with van der Waals surface area (Å²) in [6.07, 6.45) is 6.52. The van der Waals surface area contributed by atoms with Crippen molar-refractivity contribution in [3.63, 3.8) is 0 Å². The number of carbonyl (C=O) groups excluding carboxylic acids is 1. The Bertz CT molecular complexity index is 709. The highest BCUT2D eigenvalue weighted by atomic mass is 16.7. The molecule has 11 heteroatoms. The second kappa shape index (κ2) is 23.3. The number of nitrogens with one attached hydrogen (secondary N) is 1. The molecule has 1 amide bonds. The predicted molar refractivity (Wildman–Crippen MR) is 159 cm³/mol. The molecule has 248 valence electrons. The van der Waals surface area contributed by atoms with Crippen LogP contribution in [0.5, 0.6) is 0 Å². The van der Waals surface area contributed by atoms with Crippen molar-refractivity contribution in [3.05, 3.63) is 12.2 Å². The van der Waals surface area contributed by atoms with Gasteiger partial charge in [-0.15, -0.1) is 0 Å². The summed E-state index contributed by atoms with van der Waals surface area (Å²) in [5.41, 5.74) is 0. The summed E-state index contributed by atoms with van der Waals surface area (Å²) in [7, 11) is 0. The molecule has 42 heavy (non-hydrogen) atoms. The molecule has 0 bridgehead atoms. The van der Waals surface area contributed by atoms with E-state index in [1.807, 2.05) is 0 Å². The number of amides is 1. The Morgan fingerprint density at radius 3 is 2.02 bits per heavy atom. The minimum atomic E-state index is -1.66. The molecule has 9 atom stereocenters. The van der Waals surface area contributed by atoms with Gasteiger partial charge in [0.2, 0.25) is 5.91 Å². The van der Waals surface area contributed by atoms with Gasteiger partial charge in [-0.25, -0.2) is 0 Å². The van der Waals surface area contributed by atoms with E-state index in [2.05, 4.69) is 31.3 Å². The minimum Gasteiger partial charge on any atom is -0.394 e. The van der Waals surface area contributed by atoms with Gasteiger partial charge in [-0.2, -0.15) is 0 Å². The number of aliphatic hydroxyl groups excluding tert-OH is 7. The lowest BCUT2D eigenvalue weighted by atomic mass is 9.98. The van der Waals surface area contributed by atoms with E-state index in [4.69, 9.17) is 9.47 Å². The average molecular weight is 606 g/mol. The van der Waals surface area contributed by atoms with Gasteiger partial charge in [0.1, 0.15) is 36.6 Å². The average Bonchev–Trinajstić information content (AvgIpc) is 2.99. The van der Waals surface area contributed by atoms with E-state index in [1.54, 1.807) is 0 Å². The van der Waals surface area contributed by atoms with Gasteiger partial charge in [-0.05, 0) is 38.5 Å². The summed E-state index contributed by atoms with van der Waals surface area (Å²) >= 11 is 0. The monoisotopic (exact) mass is 605 g/mol. The highest BCUT2D eigenvalue weighted by molar-refractivity contribution is 5.80. The molecule has 0 spiro atoms. The van der Waals surface area contributed by atoms with E-state index in [1.165, 1.54) is 19.3 Å². The van der Waals surface area contributed by atoms with Crippen LogP contribution in [-0.4, -0.2) is 110 Å². The van der Waals surface area contributed by atoms with Gasteiger partial charge < -0.3 is 50.5 Å². The van der Waals surface area contributed by atoms with Crippen LogP contribution >= 0.6 is 0 Å². The molecule has 11 nitrogen and oxygen atoms in total. The number of allylic oxidation sites excluding steroid dienone is 2. The van der Waals surface area contributed by atoms with Crippen LogP contribution in [0.1, 0.15) is 110 Å². The zero-order valence-electron chi connectivity index (χ0n) is 25.7. The second-order valence-corrected chi connectivity index (χ2v) is 11.5. The lowest BCUT2D eigenvalue weighted by molar-refractivity contribution is -0.303. The molecule has 0 aromatic rings. The van der Waals surface area contributed by atoms with Crippen molar-refractivity contribution in [1.29, 1.82) is 0 Å². The molecular weight excluding hydrogens is 546 g/mol. The third-order valence-electron chi connectivity index (χ3n) is 7.82. The van der Waals surface area contributed by atoms with Crippen molar-refractivity contribution in [3.8, 4) is 0 Å². The molecule has 8 N–H and O–H groups in total. The van der Waals surface area contributed by atoms with Gasteiger partial charge >= 0.3 is 0 Å². The van der Waals surface area contributed by atoms with Crippen molar-refractivity contribution in [1.82, 2.24) is 5.32 Å². The highest BCUT2D eigenvalue weighted by Crippen LogP contribution is 2.23. The molecule has 1 aliphatic heterocycles. The van der Waals surface area contributed by atoms with Crippen LogP contribution < -0.4 is 5.32 Å². The Balaban J connectivity index is 2.62. The molecule has 0 aromatic carbocycles. The first-order valence-corrected chi connectivity index (χ1v) is 16.1. The van der Waals surface area contributed by atoms with Crippen molar-refractivity contribution in [2.24, 2.45) is 0 Å². The maximum absolute atomic E-state index is 12.8. The fourth-order valence-corrected chi connectivity index (χ4v) is 4.96. The lowest BCUT2D eigenvalue weighted by Crippen LogP contribution is -2.60. The van der Waals surface area contributed by atoms with E-state index < -0.39 is 74.2 Å². The summed E-state index contributed by atoms with van der Waals surface area (Å²) < 4.78 is 10.9. The molecule has 1 aliphatic rings. The third-order valence-corrected chi connectivity index (χ3v) is 7.82. The van der Waals surface area contributed by atoms with Crippen LogP contribution in [0, 0.1) is 0 Å². The summed E-state index contributed by atoms with van der Waals surface area (Å²) in [5.74, 6) is -0.718. The molecule has 0 aromatic heterocycles. The number of hydrogen-bond acceptors (Lipinski definition) is 10. The van der Waals surface area contributed by atoms with Crippen molar-refractivity contribution >= 4 is 5.91 Å². The molecular formula is C31H59NO10. The maximum atomic E-state index is 12.8. The molecule has 1 fully saturated rings. The van der Waals surface area contributed by atoms with E-state index in [0.29, 0.717) is 19.3 Å². The highest BCUT2D eigenvalue weighted by Gasteiger charge is 2.44. The molecule has 1 rings (SSSR count). The van der Waals surface area contributed by atoms with Crippen molar-refractivity contribution in [2.45, 2.75) is 165 Å². The van der Waals surface area contributed by atoms with Gasteiger partial charge in [0.05, 0.1) is 25.4 Å². The molecule has 0 aliphatic carbocycles. The molecule has 0 saturated carbocycles. The molecule has 1 saturated heterocycles. The summed E-state index contributed by atoms with van der Waals surface area (Å²) in [4.78, 5) is 12.8. The van der Waals surface area contributed by atoms with E-state index >= 15 is 0 Å². The Labute approximate surface area is 251 Å². The maximum Gasteiger partial charge on any atom is 0.249 e. The van der Waals surface area contributed by atoms with Crippen molar-refractivity contribution < 1.29 is 50.0 Å². The minimum absolute atomic E-state index is 0.245. The summed E-state index contributed by atoms with van der Waals surface area (Å²) in [6.45, 7) is 3.19. The molecule has 0 radical (unpaired) electrons. The van der Waals surface area contributed by atoms with Gasteiger partial charge in [0, 0.05) is 0 Å². The van der Waals surface area contributed by atoms with Crippen LogP contribution in [0.3, 0.4) is 0 Å². The first-order valence-electron chi connectivity index (χ1n) is 16.1. The SMILES string of the molecule is CCCCC/C=C\CCCCCCC(O)C(=O)NC(COC1OC(CO)C(O)C(O)C1O)C(O)C(O)CCCCCC. The van der Waals surface area contributed by atoms with Crippen molar-refractivity contribution in [2.75, 3.05) is 13.2 Å². The fourth-order valence-electron chi connectivity index (χ4n) is 4.96. The summed E-state index contributed by atoms with van der Waals surface area (Å²) in [6, 6.07) is -1.16. The Hall–Kier alpha value is -1.15. The van der Waals surface area contributed by atoms with Gasteiger partial charge in [-0.3, -0.25) is 4.79 Å². The number of unbranched alkanes of at least 4 members (excludes halogenated alkanes) is 10. The van der Waals surface area contributed by atoms with E-state index in [9.17, 15) is 40.5 Å². The number of carbonyl (C=O) groups is 1. The zero-order chi connectivity index (χ0) is 31.3. The Morgan fingerprint density at radius 2 is 1.38 bits per heavy atom. The quantitative estimate of drug-likeness (QED) is 0.0595. The smallest absolute Gasteiger partial charge is 0.249 e. The van der Waals surface area contributed by atoms with Gasteiger partial charge in [0.15, 0.2) is 6.29 Å². The third kappa shape index (κ3) is 15.0. The largest absolute Gasteiger partial charge is 0.394 e. The number of rotatable bonds is 24. The zero-order valence-corrected chi connectivity index (χ0v) is 25.7. The van der Waals surface area contributed by atoms with Gasteiger partial charge in [-0.1, -0.05) is 83.8 Å². The van der Waals surface area contributed by atoms with E-state index in [-0.39, 0.29) is 6.42 Å². The van der Waals surface area contributed by atoms with Gasteiger partial charge in [0.25, 0.3) is 0 Å².